The molecule has 2 saturated heterocycles. The van der Waals surface area contributed by atoms with Gasteiger partial charge in [-0.15, -0.1) is 0 Å². The Bertz CT molecular complexity index is 475. The maximum Gasteiger partial charge on any atom is 0.322 e. The molecule has 0 radical (unpaired) electrons. The highest BCUT2D eigenvalue weighted by atomic mass is 19.1. The van der Waals surface area contributed by atoms with Gasteiger partial charge >= 0.3 is 6.03 Å². The van der Waals surface area contributed by atoms with Crippen LogP contribution in [0.3, 0.4) is 0 Å². The third-order valence-corrected chi connectivity index (χ3v) is 3.35. The Morgan fingerprint density at radius 2 is 1.89 bits per heavy atom. The summed E-state index contributed by atoms with van der Waals surface area (Å²) in [5.41, 5.74) is -0.307. The van der Waals surface area contributed by atoms with Gasteiger partial charge in [-0.25, -0.2) is 13.6 Å². The Morgan fingerprint density at radius 3 is 2.39 bits per heavy atom. The number of hydrogen-bond donors (Lipinski definition) is 1. The van der Waals surface area contributed by atoms with Crippen molar-refractivity contribution in [3.05, 3.63) is 29.8 Å². The fourth-order valence-corrected chi connectivity index (χ4v) is 2.28. The summed E-state index contributed by atoms with van der Waals surface area (Å²) in [7, 11) is 0. The van der Waals surface area contributed by atoms with Gasteiger partial charge in [-0.2, -0.15) is 0 Å². The molecule has 0 atom stereocenters. The van der Waals surface area contributed by atoms with Crippen LogP contribution >= 0.6 is 0 Å². The van der Waals surface area contributed by atoms with Crippen LogP contribution in [-0.4, -0.2) is 37.2 Å². The van der Waals surface area contributed by atoms with Crippen molar-refractivity contribution in [2.24, 2.45) is 5.41 Å². The number of carbonyl (C=O) groups is 1. The molecule has 2 aliphatic heterocycles. The Hall–Kier alpha value is -1.69. The van der Waals surface area contributed by atoms with Crippen molar-refractivity contribution in [1.82, 2.24) is 4.90 Å². The lowest BCUT2D eigenvalue weighted by Gasteiger charge is -2.54. The summed E-state index contributed by atoms with van der Waals surface area (Å²) in [6, 6.07) is 2.99. The number of halogens is 2. The standard InChI is InChI=1S/C12H12F2N2O2/c13-8-2-1-3-9(14)10(8)15-11(17)16-4-12(5-16)6-18-7-12/h1-3H,4-7H2,(H,15,17). The van der Waals surface area contributed by atoms with Gasteiger partial charge in [0.15, 0.2) is 0 Å². The highest BCUT2D eigenvalue weighted by Gasteiger charge is 2.50. The smallest absolute Gasteiger partial charge is 0.322 e. The first-order valence-corrected chi connectivity index (χ1v) is 5.67. The minimum absolute atomic E-state index is 0.0884. The number of hydrogen-bond acceptors (Lipinski definition) is 2. The first-order valence-electron chi connectivity index (χ1n) is 5.67. The number of amides is 2. The van der Waals surface area contributed by atoms with E-state index in [1.54, 1.807) is 0 Å². The summed E-state index contributed by atoms with van der Waals surface area (Å²) in [5, 5.41) is 2.26. The normalized spacial score (nSPS) is 20.2. The number of para-hydroxylation sites is 1. The second kappa shape index (κ2) is 3.91. The summed E-state index contributed by atoms with van der Waals surface area (Å²) in [6.07, 6.45) is 0. The van der Waals surface area contributed by atoms with Crippen molar-refractivity contribution in [2.75, 3.05) is 31.6 Å². The molecule has 18 heavy (non-hydrogen) atoms. The highest BCUT2D eigenvalue weighted by Crippen LogP contribution is 2.37. The first-order chi connectivity index (χ1) is 8.60. The molecular formula is C12H12F2N2O2. The van der Waals surface area contributed by atoms with Crippen molar-refractivity contribution in [2.45, 2.75) is 0 Å². The second-order valence-electron chi connectivity index (χ2n) is 4.88. The Balaban J connectivity index is 1.65. The molecule has 0 unspecified atom stereocenters. The van der Waals surface area contributed by atoms with Gasteiger partial charge < -0.3 is 15.0 Å². The lowest BCUT2D eigenvalue weighted by molar-refractivity contribution is -0.174. The number of benzene rings is 1. The molecule has 4 nitrogen and oxygen atoms in total. The molecule has 0 aliphatic carbocycles. The quantitative estimate of drug-likeness (QED) is 0.830. The van der Waals surface area contributed by atoms with Gasteiger partial charge in [0.2, 0.25) is 0 Å². The molecule has 0 bridgehead atoms. The van der Waals surface area contributed by atoms with Crippen molar-refractivity contribution < 1.29 is 18.3 Å². The molecule has 0 aromatic heterocycles. The number of ether oxygens (including phenoxy) is 1. The average Bonchev–Trinajstić information content (AvgIpc) is 2.19. The van der Waals surface area contributed by atoms with E-state index in [9.17, 15) is 13.6 Å². The van der Waals surface area contributed by atoms with Gasteiger partial charge in [0.1, 0.15) is 17.3 Å². The van der Waals surface area contributed by atoms with Crippen molar-refractivity contribution in [1.29, 1.82) is 0 Å². The zero-order valence-electron chi connectivity index (χ0n) is 9.58. The molecule has 1 aromatic carbocycles. The molecule has 6 heteroatoms. The SMILES string of the molecule is O=C(Nc1c(F)cccc1F)N1CC2(COC2)C1. The zero-order chi connectivity index (χ0) is 12.8. The van der Waals surface area contributed by atoms with E-state index in [1.165, 1.54) is 11.0 Å². The van der Waals surface area contributed by atoms with E-state index < -0.39 is 23.4 Å². The van der Waals surface area contributed by atoms with Gasteiger partial charge in [-0.1, -0.05) is 6.07 Å². The van der Waals surface area contributed by atoms with E-state index in [4.69, 9.17) is 4.74 Å². The van der Waals surface area contributed by atoms with Crippen molar-refractivity contribution in [3.63, 3.8) is 0 Å². The van der Waals surface area contributed by atoms with Crippen molar-refractivity contribution in [3.8, 4) is 0 Å². The zero-order valence-corrected chi connectivity index (χ0v) is 9.58. The predicted molar refractivity (Wildman–Crippen MR) is 60.2 cm³/mol. The first kappa shape index (κ1) is 11.4. The van der Waals surface area contributed by atoms with E-state index in [2.05, 4.69) is 5.32 Å². The van der Waals surface area contributed by atoms with Crippen LogP contribution in [0.5, 0.6) is 0 Å². The van der Waals surface area contributed by atoms with Gasteiger partial charge in [-0.05, 0) is 12.1 Å². The monoisotopic (exact) mass is 254 g/mol. The van der Waals surface area contributed by atoms with Crippen LogP contribution in [0.2, 0.25) is 0 Å². The van der Waals surface area contributed by atoms with E-state index >= 15 is 0 Å². The molecule has 2 aliphatic rings. The van der Waals surface area contributed by atoms with Crippen molar-refractivity contribution >= 4 is 11.7 Å². The topological polar surface area (TPSA) is 41.6 Å². The van der Waals surface area contributed by atoms with Crippen LogP contribution in [0.25, 0.3) is 0 Å². The van der Waals surface area contributed by atoms with Gasteiger partial charge in [-0.3, -0.25) is 0 Å². The van der Waals surface area contributed by atoms with E-state index in [-0.39, 0.29) is 5.41 Å². The summed E-state index contributed by atoms with van der Waals surface area (Å²) in [4.78, 5) is 13.3. The van der Waals surface area contributed by atoms with Gasteiger partial charge in [0.25, 0.3) is 0 Å². The number of rotatable bonds is 1. The Kier molecular flexibility index (Phi) is 2.48. The number of nitrogens with one attached hydrogen (secondary N) is 1. The van der Waals surface area contributed by atoms with Gasteiger partial charge in [0, 0.05) is 13.1 Å². The molecule has 3 rings (SSSR count). The minimum atomic E-state index is -0.773. The molecule has 1 N–H and O–H groups in total. The summed E-state index contributed by atoms with van der Waals surface area (Å²) >= 11 is 0. The number of anilines is 1. The van der Waals surface area contributed by atoms with Crippen LogP contribution < -0.4 is 5.32 Å². The molecule has 0 saturated carbocycles. The van der Waals surface area contributed by atoms with Crippen LogP contribution in [0.15, 0.2) is 18.2 Å². The number of likely N-dealkylation sites (tertiary alicyclic amines) is 1. The minimum Gasteiger partial charge on any atom is -0.380 e. The lowest BCUT2D eigenvalue weighted by atomic mass is 9.78. The van der Waals surface area contributed by atoms with Gasteiger partial charge in [0.05, 0.1) is 18.6 Å². The average molecular weight is 254 g/mol. The van der Waals surface area contributed by atoms with Crippen LogP contribution in [0, 0.1) is 17.0 Å². The molecule has 2 heterocycles. The number of nitrogens with zero attached hydrogens (tertiary/aromatic N) is 1. The van der Waals surface area contributed by atoms with E-state index in [1.807, 2.05) is 0 Å². The summed E-state index contributed by atoms with van der Waals surface area (Å²) in [5.74, 6) is -1.55. The predicted octanol–water partition coefficient (Wildman–Crippen LogP) is 1.83. The third-order valence-electron chi connectivity index (χ3n) is 3.35. The summed E-state index contributed by atoms with van der Waals surface area (Å²) < 4.78 is 31.8. The maximum atomic E-state index is 13.3. The Labute approximate surface area is 103 Å². The van der Waals surface area contributed by atoms with Crippen LogP contribution in [0.4, 0.5) is 19.3 Å². The molecule has 1 aromatic rings. The number of urea groups is 1. The fraction of sp³-hybridized carbons (Fsp3) is 0.417. The van der Waals surface area contributed by atoms with E-state index in [0.717, 1.165) is 12.1 Å². The summed E-state index contributed by atoms with van der Waals surface area (Å²) in [6.45, 7) is 2.47. The second-order valence-corrected chi connectivity index (χ2v) is 4.88. The van der Waals surface area contributed by atoms with Crippen LogP contribution in [0.1, 0.15) is 0 Å². The maximum absolute atomic E-state index is 13.3. The largest absolute Gasteiger partial charge is 0.380 e. The van der Waals surface area contributed by atoms with E-state index in [0.29, 0.717) is 26.3 Å². The molecule has 2 amide bonds. The number of carbonyl (C=O) groups excluding carboxylic acids is 1. The Morgan fingerprint density at radius 1 is 1.28 bits per heavy atom. The molecule has 96 valence electrons. The molecule has 2 fully saturated rings. The lowest BCUT2D eigenvalue weighted by Crippen LogP contribution is -2.67. The highest BCUT2D eigenvalue weighted by molar-refractivity contribution is 5.90. The molecule has 1 spiro atoms. The molecular weight excluding hydrogens is 242 g/mol. The fourth-order valence-electron chi connectivity index (χ4n) is 2.28. The third kappa shape index (κ3) is 1.73. The van der Waals surface area contributed by atoms with Crippen LogP contribution in [-0.2, 0) is 4.74 Å².